The van der Waals surface area contributed by atoms with Gasteiger partial charge >= 0.3 is 0 Å². The van der Waals surface area contributed by atoms with E-state index in [0.29, 0.717) is 19.8 Å². The molecular weight excluding hydrogens is 274 g/mol. The molecule has 0 aliphatic heterocycles. The van der Waals surface area contributed by atoms with Crippen LogP contribution in [-0.2, 0) is 11.3 Å². The highest BCUT2D eigenvalue weighted by Gasteiger charge is 2.16. The Bertz CT molecular complexity index is 379. The maximum absolute atomic E-state index is 9.80. The van der Waals surface area contributed by atoms with Crippen LogP contribution in [0.15, 0.2) is 24.3 Å². The molecule has 20 heavy (non-hydrogen) atoms. The molecule has 1 aromatic carbocycles. The number of hydrogen-bond acceptors (Lipinski definition) is 3. The molecule has 1 aliphatic carbocycles. The van der Waals surface area contributed by atoms with Crippen LogP contribution in [0.5, 0.6) is 0 Å². The van der Waals surface area contributed by atoms with Gasteiger partial charge in [0, 0.05) is 11.6 Å². The monoisotopic (exact) mass is 297 g/mol. The van der Waals surface area contributed by atoms with Gasteiger partial charge in [-0.25, -0.2) is 0 Å². The van der Waals surface area contributed by atoms with Gasteiger partial charge in [-0.3, -0.25) is 0 Å². The first kappa shape index (κ1) is 15.8. The van der Waals surface area contributed by atoms with Crippen molar-refractivity contribution in [3.8, 4) is 0 Å². The maximum atomic E-state index is 9.80. The van der Waals surface area contributed by atoms with Crippen LogP contribution in [-0.4, -0.2) is 30.9 Å². The molecular formula is C16H24ClNO2. The van der Waals surface area contributed by atoms with E-state index in [1.54, 1.807) is 0 Å². The summed E-state index contributed by atoms with van der Waals surface area (Å²) in [5.41, 5.74) is 1.07. The topological polar surface area (TPSA) is 41.5 Å². The fourth-order valence-electron chi connectivity index (χ4n) is 2.31. The van der Waals surface area contributed by atoms with E-state index in [-0.39, 0.29) is 0 Å². The molecule has 112 valence electrons. The van der Waals surface area contributed by atoms with Crippen LogP contribution in [0.1, 0.15) is 31.2 Å². The second kappa shape index (κ2) is 8.63. The Labute approximate surface area is 126 Å². The molecule has 1 aliphatic rings. The third kappa shape index (κ3) is 5.80. The molecule has 2 N–H and O–H groups in total. The van der Waals surface area contributed by atoms with Crippen molar-refractivity contribution in [1.82, 2.24) is 5.32 Å². The van der Waals surface area contributed by atoms with Crippen molar-refractivity contribution < 1.29 is 9.84 Å². The summed E-state index contributed by atoms with van der Waals surface area (Å²) in [6, 6.07) is 7.56. The fourth-order valence-corrected chi connectivity index (χ4v) is 2.43. The molecule has 1 unspecified atom stereocenters. The Balaban J connectivity index is 1.48. The van der Waals surface area contributed by atoms with Crippen LogP contribution in [0.3, 0.4) is 0 Å². The number of aliphatic hydroxyl groups is 1. The summed E-state index contributed by atoms with van der Waals surface area (Å²) in [5, 5.41) is 13.8. The minimum absolute atomic E-state index is 0.360. The molecule has 0 amide bonds. The average molecular weight is 298 g/mol. The van der Waals surface area contributed by atoms with E-state index in [1.807, 2.05) is 24.3 Å². The summed E-state index contributed by atoms with van der Waals surface area (Å²) in [7, 11) is 0. The third-order valence-electron chi connectivity index (χ3n) is 3.83. The van der Waals surface area contributed by atoms with Crippen molar-refractivity contribution >= 4 is 11.6 Å². The maximum Gasteiger partial charge on any atom is 0.0897 e. The molecule has 1 saturated carbocycles. The summed E-state index contributed by atoms with van der Waals surface area (Å²) in [6.07, 6.45) is 4.95. The van der Waals surface area contributed by atoms with E-state index in [0.717, 1.165) is 23.0 Å². The first-order valence-corrected chi connectivity index (χ1v) is 7.83. The zero-order valence-corrected chi connectivity index (χ0v) is 12.6. The van der Waals surface area contributed by atoms with Crippen LogP contribution in [0.25, 0.3) is 0 Å². The number of hydrogen-bond donors (Lipinski definition) is 2. The minimum Gasteiger partial charge on any atom is -0.389 e. The Morgan fingerprint density at radius 3 is 2.70 bits per heavy atom. The summed E-state index contributed by atoms with van der Waals surface area (Å²) >= 11 is 5.81. The molecule has 0 spiro atoms. The number of ether oxygens (including phenoxy) is 1. The van der Waals surface area contributed by atoms with Crippen molar-refractivity contribution in [2.75, 3.05) is 19.7 Å². The van der Waals surface area contributed by atoms with Gasteiger partial charge in [-0.1, -0.05) is 43.0 Å². The quantitative estimate of drug-likeness (QED) is 0.689. The number of benzene rings is 1. The smallest absolute Gasteiger partial charge is 0.0897 e. The van der Waals surface area contributed by atoms with Crippen LogP contribution >= 0.6 is 11.6 Å². The Morgan fingerprint density at radius 2 is 2.05 bits per heavy atom. The lowest BCUT2D eigenvalue weighted by atomic mass is 9.83. The Hall–Kier alpha value is -0.610. The highest BCUT2D eigenvalue weighted by molar-refractivity contribution is 6.30. The summed E-state index contributed by atoms with van der Waals surface area (Å²) < 4.78 is 5.50. The van der Waals surface area contributed by atoms with Gasteiger partial charge in [0.05, 0.1) is 19.3 Å². The van der Waals surface area contributed by atoms with E-state index in [9.17, 15) is 5.11 Å². The second-order valence-corrected chi connectivity index (χ2v) is 6.02. The lowest BCUT2D eigenvalue weighted by Crippen LogP contribution is -2.32. The van der Waals surface area contributed by atoms with Crippen molar-refractivity contribution in [2.45, 2.75) is 38.4 Å². The molecule has 1 fully saturated rings. The number of aliphatic hydroxyl groups excluding tert-OH is 1. The van der Waals surface area contributed by atoms with Gasteiger partial charge in [-0.2, -0.15) is 0 Å². The molecule has 4 heteroatoms. The molecule has 0 aromatic heterocycles. The van der Waals surface area contributed by atoms with Gasteiger partial charge in [-0.05, 0) is 36.6 Å². The first-order valence-electron chi connectivity index (χ1n) is 7.45. The minimum atomic E-state index is -0.441. The molecule has 1 aromatic rings. The predicted octanol–water partition coefficient (Wildman–Crippen LogP) is 3.00. The lowest BCUT2D eigenvalue weighted by molar-refractivity contribution is 0.0287. The second-order valence-electron chi connectivity index (χ2n) is 5.59. The van der Waals surface area contributed by atoms with Gasteiger partial charge in [0.15, 0.2) is 0 Å². The van der Waals surface area contributed by atoms with Gasteiger partial charge in [0.25, 0.3) is 0 Å². The van der Waals surface area contributed by atoms with E-state index in [1.165, 1.54) is 25.7 Å². The largest absolute Gasteiger partial charge is 0.389 e. The molecule has 1 atom stereocenters. The first-order chi connectivity index (χ1) is 9.74. The zero-order valence-electron chi connectivity index (χ0n) is 11.9. The Kier molecular flexibility index (Phi) is 6.80. The highest BCUT2D eigenvalue weighted by Crippen LogP contribution is 2.28. The van der Waals surface area contributed by atoms with E-state index >= 15 is 0 Å². The fraction of sp³-hybridized carbons (Fsp3) is 0.625. The number of rotatable bonds is 9. The van der Waals surface area contributed by atoms with Gasteiger partial charge in [0.2, 0.25) is 0 Å². The Morgan fingerprint density at radius 1 is 1.30 bits per heavy atom. The zero-order chi connectivity index (χ0) is 14.2. The van der Waals surface area contributed by atoms with Crippen LogP contribution < -0.4 is 5.32 Å². The molecule has 0 heterocycles. The summed E-state index contributed by atoms with van der Waals surface area (Å²) in [5.74, 6) is 0.917. The molecule has 3 nitrogen and oxygen atoms in total. The normalized spacial score (nSPS) is 16.9. The van der Waals surface area contributed by atoms with Gasteiger partial charge in [-0.15, -0.1) is 0 Å². The van der Waals surface area contributed by atoms with Crippen molar-refractivity contribution in [3.63, 3.8) is 0 Å². The number of nitrogens with one attached hydrogen (secondary N) is 1. The van der Waals surface area contributed by atoms with E-state index in [2.05, 4.69) is 5.32 Å². The van der Waals surface area contributed by atoms with Crippen LogP contribution in [0.4, 0.5) is 0 Å². The summed E-state index contributed by atoms with van der Waals surface area (Å²) in [6.45, 7) is 2.47. The highest BCUT2D eigenvalue weighted by atomic mass is 35.5. The van der Waals surface area contributed by atoms with E-state index < -0.39 is 6.10 Å². The molecule has 0 saturated heterocycles. The molecule has 0 radical (unpaired) electrons. The van der Waals surface area contributed by atoms with Crippen LogP contribution in [0, 0.1) is 5.92 Å². The molecule has 0 bridgehead atoms. The van der Waals surface area contributed by atoms with Crippen LogP contribution in [0.2, 0.25) is 5.02 Å². The van der Waals surface area contributed by atoms with Crippen molar-refractivity contribution in [2.24, 2.45) is 5.92 Å². The lowest BCUT2D eigenvalue weighted by Gasteiger charge is -2.25. The summed E-state index contributed by atoms with van der Waals surface area (Å²) in [4.78, 5) is 0. The van der Waals surface area contributed by atoms with Crippen molar-refractivity contribution in [3.05, 3.63) is 34.9 Å². The third-order valence-corrected chi connectivity index (χ3v) is 4.08. The SMILES string of the molecule is OC(CNCCC1CCC1)COCc1ccc(Cl)cc1. The molecule has 2 rings (SSSR count). The van der Waals surface area contributed by atoms with E-state index in [4.69, 9.17) is 16.3 Å². The standard InChI is InChI=1S/C16H24ClNO2/c17-15-6-4-14(5-7-15)11-20-12-16(19)10-18-9-8-13-2-1-3-13/h4-7,13,16,18-19H,1-3,8-12H2. The average Bonchev–Trinajstić information content (AvgIpc) is 2.39. The number of halogens is 1. The predicted molar refractivity (Wildman–Crippen MR) is 81.9 cm³/mol. The van der Waals surface area contributed by atoms with Crippen molar-refractivity contribution in [1.29, 1.82) is 0 Å². The van der Waals surface area contributed by atoms with Gasteiger partial charge < -0.3 is 15.2 Å². The van der Waals surface area contributed by atoms with Gasteiger partial charge in [0.1, 0.15) is 0 Å².